The van der Waals surface area contributed by atoms with Crippen LogP contribution in [0.15, 0.2) is 29.1 Å². The smallest absolute Gasteiger partial charge is 0.259 e. The fourth-order valence-electron chi connectivity index (χ4n) is 4.95. The number of aryl methyl sites for hydroxylation is 2. The Kier molecular flexibility index (Phi) is 5.42. The number of rotatable bonds is 5. The number of benzene rings is 1. The highest BCUT2D eigenvalue weighted by atomic mass is 32.2. The Bertz CT molecular complexity index is 1210. The lowest BCUT2D eigenvalue weighted by molar-refractivity contribution is -0.119. The van der Waals surface area contributed by atoms with E-state index in [1.165, 1.54) is 33.3 Å². The first kappa shape index (κ1) is 20.8. The number of thioether (sulfide) groups is 1. The quantitative estimate of drug-likeness (QED) is 0.590. The third-order valence-electron chi connectivity index (χ3n) is 6.55. The van der Waals surface area contributed by atoms with E-state index in [4.69, 9.17) is 0 Å². The molecule has 0 aliphatic heterocycles. The third-order valence-corrected chi connectivity index (χ3v) is 8.68. The topological polar surface area (TPSA) is 74.8 Å². The lowest BCUT2D eigenvalue weighted by Crippen LogP contribution is -2.36. The summed E-state index contributed by atoms with van der Waals surface area (Å²) in [6.45, 7) is 4.54. The average molecular weight is 454 g/mol. The molecular formula is C24H27N3O2S2. The van der Waals surface area contributed by atoms with E-state index in [-0.39, 0.29) is 22.9 Å². The first-order valence-corrected chi connectivity index (χ1v) is 12.9. The zero-order chi connectivity index (χ0) is 21.6. The van der Waals surface area contributed by atoms with Gasteiger partial charge in [0.1, 0.15) is 10.7 Å². The number of carbonyl (C=O) groups excluding carboxylic acids is 1. The summed E-state index contributed by atoms with van der Waals surface area (Å²) >= 11 is 3.14. The van der Waals surface area contributed by atoms with Crippen LogP contribution in [0.4, 0.5) is 0 Å². The van der Waals surface area contributed by atoms with Crippen molar-refractivity contribution in [2.75, 3.05) is 5.75 Å². The van der Waals surface area contributed by atoms with Crippen molar-refractivity contribution in [2.24, 2.45) is 0 Å². The summed E-state index contributed by atoms with van der Waals surface area (Å²) in [5, 5.41) is 4.00. The summed E-state index contributed by atoms with van der Waals surface area (Å²) in [5.74, 6) is 1.56. The molecule has 1 unspecified atom stereocenters. The maximum Gasteiger partial charge on any atom is 0.259 e. The van der Waals surface area contributed by atoms with Gasteiger partial charge >= 0.3 is 0 Å². The Morgan fingerprint density at radius 2 is 2.16 bits per heavy atom. The molecule has 162 valence electrons. The van der Waals surface area contributed by atoms with Crippen LogP contribution in [0.3, 0.4) is 0 Å². The van der Waals surface area contributed by atoms with E-state index in [1.807, 2.05) is 6.07 Å². The van der Waals surface area contributed by atoms with Crippen molar-refractivity contribution in [3.8, 4) is 0 Å². The second-order valence-corrected chi connectivity index (χ2v) is 11.2. The fourth-order valence-corrected chi connectivity index (χ4v) is 6.94. The van der Waals surface area contributed by atoms with Crippen molar-refractivity contribution in [2.45, 2.75) is 63.2 Å². The van der Waals surface area contributed by atoms with Gasteiger partial charge in [-0.15, -0.1) is 23.1 Å². The van der Waals surface area contributed by atoms with Crippen LogP contribution >= 0.6 is 23.1 Å². The molecule has 0 spiro atoms. The van der Waals surface area contributed by atoms with E-state index < -0.39 is 0 Å². The van der Waals surface area contributed by atoms with Crippen LogP contribution in [0.2, 0.25) is 0 Å². The molecule has 31 heavy (non-hydrogen) atoms. The number of amides is 1. The molecule has 1 atom stereocenters. The molecule has 2 heterocycles. The van der Waals surface area contributed by atoms with Crippen molar-refractivity contribution in [3.63, 3.8) is 0 Å². The van der Waals surface area contributed by atoms with E-state index in [1.54, 1.807) is 11.3 Å². The summed E-state index contributed by atoms with van der Waals surface area (Å²) < 4.78 is 0. The summed E-state index contributed by atoms with van der Waals surface area (Å²) in [6.07, 6.45) is 5.18. The van der Waals surface area contributed by atoms with Crippen LogP contribution < -0.4 is 10.9 Å². The number of carbonyl (C=O) groups is 1. The molecule has 7 heteroatoms. The predicted molar refractivity (Wildman–Crippen MR) is 128 cm³/mol. The number of hydrogen-bond acceptors (Lipinski definition) is 5. The van der Waals surface area contributed by atoms with E-state index in [0.29, 0.717) is 17.3 Å². The van der Waals surface area contributed by atoms with Crippen LogP contribution in [0.25, 0.3) is 10.2 Å². The molecule has 2 aliphatic rings. The predicted octanol–water partition coefficient (Wildman–Crippen LogP) is 4.64. The van der Waals surface area contributed by atoms with Gasteiger partial charge in [-0.05, 0) is 54.2 Å². The van der Waals surface area contributed by atoms with Gasteiger partial charge in [-0.3, -0.25) is 9.59 Å². The number of H-pyrrole nitrogens is 1. The number of thiophene rings is 1. The van der Waals surface area contributed by atoms with Crippen LogP contribution in [-0.4, -0.2) is 21.6 Å². The number of nitrogens with zero attached hydrogens (tertiary/aromatic N) is 1. The number of fused-ring (bicyclic) bond motifs is 4. The van der Waals surface area contributed by atoms with Crippen molar-refractivity contribution < 1.29 is 4.79 Å². The van der Waals surface area contributed by atoms with Crippen LogP contribution in [0.5, 0.6) is 0 Å². The largest absolute Gasteiger partial charge is 0.349 e. The van der Waals surface area contributed by atoms with Gasteiger partial charge in [0.05, 0.1) is 22.9 Å². The molecule has 1 amide bonds. The molecule has 2 aromatic heterocycles. The lowest BCUT2D eigenvalue weighted by Gasteiger charge is -2.37. The molecule has 5 nitrogen and oxygen atoms in total. The minimum Gasteiger partial charge on any atom is -0.349 e. The zero-order valence-electron chi connectivity index (χ0n) is 17.9. The van der Waals surface area contributed by atoms with E-state index in [2.05, 4.69) is 47.3 Å². The van der Waals surface area contributed by atoms with Gasteiger partial charge in [-0.2, -0.15) is 0 Å². The van der Waals surface area contributed by atoms with Crippen molar-refractivity contribution in [1.82, 2.24) is 15.3 Å². The normalized spacial score (nSPS) is 19.2. The molecule has 0 saturated carbocycles. The zero-order valence-corrected chi connectivity index (χ0v) is 19.5. The Morgan fingerprint density at radius 3 is 3.03 bits per heavy atom. The minimum atomic E-state index is -0.0362. The first-order valence-electron chi connectivity index (χ1n) is 10.9. The van der Waals surface area contributed by atoms with Gasteiger partial charge in [0.2, 0.25) is 5.91 Å². The van der Waals surface area contributed by atoms with Gasteiger partial charge in [0.15, 0.2) is 0 Å². The molecular weight excluding hydrogens is 426 g/mol. The Hall–Kier alpha value is -2.12. The van der Waals surface area contributed by atoms with Gasteiger partial charge in [0, 0.05) is 4.88 Å². The van der Waals surface area contributed by atoms with Crippen molar-refractivity contribution in [1.29, 1.82) is 0 Å². The molecule has 0 radical (unpaired) electrons. The highest BCUT2D eigenvalue weighted by Crippen LogP contribution is 2.41. The highest BCUT2D eigenvalue weighted by Gasteiger charge is 2.32. The first-order chi connectivity index (χ1) is 14.9. The summed E-state index contributed by atoms with van der Waals surface area (Å²) in [5.41, 5.74) is 3.87. The van der Waals surface area contributed by atoms with Crippen LogP contribution in [-0.2, 0) is 28.8 Å². The SMILES string of the molecule is CC1(C)CCC(NC(=O)CSCc2nc3sc4c(c3c(=O)[nH]2)CCC4)c2ccccc21. The molecule has 0 fully saturated rings. The Morgan fingerprint density at radius 1 is 1.32 bits per heavy atom. The number of aromatic nitrogens is 2. The number of hydrogen-bond donors (Lipinski definition) is 2. The van der Waals surface area contributed by atoms with Gasteiger partial charge in [-0.1, -0.05) is 38.1 Å². The molecule has 3 aromatic rings. The summed E-state index contributed by atoms with van der Waals surface area (Å²) in [4.78, 5) is 35.0. The Balaban J connectivity index is 1.22. The monoisotopic (exact) mass is 453 g/mol. The van der Waals surface area contributed by atoms with E-state index in [9.17, 15) is 9.59 Å². The molecule has 2 N–H and O–H groups in total. The second-order valence-electron chi connectivity index (χ2n) is 9.17. The number of aromatic amines is 1. The molecule has 2 aliphatic carbocycles. The molecule has 0 saturated heterocycles. The average Bonchev–Trinajstić information content (AvgIpc) is 3.31. The highest BCUT2D eigenvalue weighted by molar-refractivity contribution is 7.99. The number of nitrogens with one attached hydrogen (secondary N) is 2. The standard InChI is InChI=1S/C24H27N3O2S2/c1-24(2)11-10-17(14-6-3-4-8-16(14)24)25-20(28)13-30-12-19-26-22(29)21-15-7-5-9-18(15)31-23(21)27-19/h3-4,6,8,17H,5,7,9-13H2,1-2H3,(H,25,28)(H,26,27,29). The maximum absolute atomic E-state index is 12.6. The van der Waals surface area contributed by atoms with Crippen LogP contribution in [0.1, 0.15) is 66.5 Å². The lowest BCUT2D eigenvalue weighted by atomic mass is 9.71. The van der Waals surface area contributed by atoms with Gasteiger partial charge < -0.3 is 10.3 Å². The molecule has 0 bridgehead atoms. The maximum atomic E-state index is 12.6. The summed E-state index contributed by atoms with van der Waals surface area (Å²) in [7, 11) is 0. The van der Waals surface area contributed by atoms with Crippen molar-refractivity contribution in [3.05, 3.63) is 62.0 Å². The van der Waals surface area contributed by atoms with Crippen molar-refractivity contribution >= 4 is 39.2 Å². The minimum absolute atomic E-state index is 0.0306. The van der Waals surface area contributed by atoms with E-state index >= 15 is 0 Å². The molecule has 5 rings (SSSR count). The Labute approximate surface area is 190 Å². The molecule has 1 aromatic carbocycles. The van der Waals surface area contributed by atoms with Gasteiger partial charge in [0.25, 0.3) is 5.56 Å². The van der Waals surface area contributed by atoms with Gasteiger partial charge in [-0.25, -0.2) is 4.98 Å². The summed E-state index contributed by atoms with van der Waals surface area (Å²) in [6, 6.07) is 8.51. The fraction of sp³-hybridized carbons (Fsp3) is 0.458. The van der Waals surface area contributed by atoms with E-state index in [0.717, 1.165) is 42.3 Å². The second kappa shape index (κ2) is 8.10. The van der Waals surface area contributed by atoms with Crippen LogP contribution in [0, 0.1) is 0 Å². The third kappa shape index (κ3) is 3.94.